The monoisotopic (exact) mass is 636 g/mol. The van der Waals surface area contributed by atoms with Gasteiger partial charge in [-0.1, -0.05) is 146 Å². The third kappa shape index (κ3) is 4.57. The van der Waals surface area contributed by atoms with E-state index in [0.29, 0.717) is 0 Å². The lowest BCUT2D eigenvalue weighted by Crippen LogP contribution is -2.18. The van der Waals surface area contributed by atoms with E-state index in [1.165, 1.54) is 77.7 Å². The van der Waals surface area contributed by atoms with E-state index >= 15 is 0 Å². The Labute approximate surface area is 291 Å². The average molecular weight is 637 g/mol. The maximum Gasteiger partial charge on any atom is 0.0783 e. The number of nitrogens with zero attached hydrogens (tertiary/aromatic N) is 2. The van der Waals surface area contributed by atoms with E-state index < -0.39 is 0 Å². The lowest BCUT2D eigenvalue weighted by molar-refractivity contribution is 1.11. The SMILES string of the molecule is c1ccc(-c2ccc(N3c4cc(-c5ccccc5)ccc4-n4c5ccc(-c6ccccc6)cc5c5cc(-c6ccccc6)cc3c54)cc2)cc1. The number of rotatable bonds is 5. The van der Waals surface area contributed by atoms with Gasteiger partial charge in [0, 0.05) is 16.5 Å². The minimum Gasteiger partial charge on any atom is -0.306 e. The number of benzene rings is 8. The Morgan fingerprint density at radius 1 is 0.280 bits per heavy atom. The summed E-state index contributed by atoms with van der Waals surface area (Å²) in [7, 11) is 0. The maximum absolute atomic E-state index is 2.49. The normalized spacial score (nSPS) is 12.0. The van der Waals surface area contributed by atoms with Crippen molar-refractivity contribution in [2.75, 3.05) is 4.90 Å². The second-order valence-corrected chi connectivity index (χ2v) is 13.0. The molecule has 0 saturated heterocycles. The van der Waals surface area contributed by atoms with Gasteiger partial charge in [0.05, 0.1) is 28.1 Å². The van der Waals surface area contributed by atoms with E-state index in [1.54, 1.807) is 0 Å². The van der Waals surface area contributed by atoms with Gasteiger partial charge in [-0.05, 0) is 93.0 Å². The summed E-state index contributed by atoms with van der Waals surface area (Å²) in [5, 5.41) is 2.50. The molecular weight excluding hydrogens is 605 g/mol. The molecular formula is C48H32N2. The summed E-state index contributed by atoms with van der Waals surface area (Å²) >= 11 is 0. The Morgan fingerprint density at radius 2 is 0.720 bits per heavy atom. The highest BCUT2D eigenvalue weighted by molar-refractivity contribution is 6.18. The van der Waals surface area contributed by atoms with Crippen LogP contribution in [0.25, 0.3) is 72.0 Å². The van der Waals surface area contributed by atoms with Crippen molar-refractivity contribution >= 4 is 38.9 Å². The Hall–Kier alpha value is -6.64. The predicted molar refractivity (Wildman–Crippen MR) is 211 cm³/mol. The van der Waals surface area contributed by atoms with Crippen molar-refractivity contribution in [3.05, 3.63) is 194 Å². The first-order valence-corrected chi connectivity index (χ1v) is 17.2. The number of aromatic nitrogens is 1. The minimum atomic E-state index is 1.13. The molecule has 2 heterocycles. The molecule has 1 aliphatic rings. The molecule has 50 heavy (non-hydrogen) atoms. The van der Waals surface area contributed by atoms with Crippen molar-refractivity contribution in [3.63, 3.8) is 0 Å². The van der Waals surface area contributed by atoms with E-state index in [2.05, 4.69) is 204 Å². The van der Waals surface area contributed by atoms with E-state index in [9.17, 15) is 0 Å². The molecule has 234 valence electrons. The summed E-state index contributed by atoms with van der Waals surface area (Å²) < 4.78 is 2.49. The van der Waals surface area contributed by atoms with Gasteiger partial charge in [-0.3, -0.25) is 0 Å². The predicted octanol–water partition coefficient (Wildman–Crippen LogP) is 13.2. The van der Waals surface area contributed by atoms with Crippen LogP contribution >= 0.6 is 0 Å². The lowest BCUT2D eigenvalue weighted by Gasteiger charge is -2.34. The van der Waals surface area contributed by atoms with Crippen molar-refractivity contribution in [3.8, 4) is 50.2 Å². The Balaban J connectivity index is 1.29. The van der Waals surface area contributed by atoms with Crippen molar-refractivity contribution in [1.82, 2.24) is 4.57 Å². The van der Waals surface area contributed by atoms with Gasteiger partial charge >= 0.3 is 0 Å². The van der Waals surface area contributed by atoms with Gasteiger partial charge in [0.15, 0.2) is 0 Å². The number of fused-ring (bicyclic) bond motifs is 5. The highest BCUT2D eigenvalue weighted by atomic mass is 15.2. The zero-order valence-electron chi connectivity index (χ0n) is 27.4. The van der Waals surface area contributed by atoms with Crippen molar-refractivity contribution in [2.45, 2.75) is 0 Å². The molecule has 8 aromatic carbocycles. The minimum absolute atomic E-state index is 1.13. The Bertz CT molecular complexity index is 2660. The molecule has 0 saturated carbocycles. The number of hydrogen-bond acceptors (Lipinski definition) is 1. The molecule has 2 heteroatoms. The average Bonchev–Trinajstić information content (AvgIpc) is 3.53. The van der Waals surface area contributed by atoms with Gasteiger partial charge in [-0.2, -0.15) is 0 Å². The Morgan fingerprint density at radius 3 is 1.32 bits per heavy atom. The fourth-order valence-corrected chi connectivity index (χ4v) is 7.70. The van der Waals surface area contributed by atoms with Crippen LogP contribution in [0.5, 0.6) is 0 Å². The van der Waals surface area contributed by atoms with Crippen molar-refractivity contribution in [2.24, 2.45) is 0 Å². The fourth-order valence-electron chi connectivity index (χ4n) is 7.70. The zero-order chi connectivity index (χ0) is 33.0. The molecule has 0 bridgehead atoms. The van der Waals surface area contributed by atoms with E-state index in [-0.39, 0.29) is 0 Å². The molecule has 2 nitrogen and oxygen atoms in total. The van der Waals surface area contributed by atoms with Crippen molar-refractivity contribution in [1.29, 1.82) is 0 Å². The second-order valence-electron chi connectivity index (χ2n) is 13.0. The van der Waals surface area contributed by atoms with Crippen LogP contribution in [0, 0.1) is 0 Å². The molecule has 0 amide bonds. The second kappa shape index (κ2) is 11.5. The van der Waals surface area contributed by atoms with Crippen LogP contribution in [0.4, 0.5) is 17.1 Å². The van der Waals surface area contributed by atoms with E-state index in [4.69, 9.17) is 0 Å². The molecule has 0 N–H and O–H groups in total. The third-order valence-corrected chi connectivity index (χ3v) is 10.1. The highest BCUT2D eigenvalue weighted by Gasteiger charge is 2.30. The van der Waals surface area contributed by atoms with Crippen LogP contribution in [-0.2, 0) is 0 Å². The molecule has 0 radical (unpaired) electrons. The smallest absolute Gasteiger partial charge is 0.0783 e. The molecule has 9 aromatic rings. The third-order valence-electron chi connectivity index (χ3n) is 10.1. The fraction of sp³-hybridized carbons (Fsp3) is 0. The molecule has 0 atom stereocenters. The van der Waals surface area contributed by atoms with E-state index in [1.807, 2.05) is 0 Å². The molecule has 0 spiro atoms. The molecule has 10 rings (SSSR count). The largest absolute Gasteiger partial charge is 0.306 e. The van der Waals surface area contributed by atoms with Gasteiger partial charge in [-0.15, -0.1) is 0 Å². The van der Waals surface area contributed by atoms with Gasteiger partial charge in [-0.25, -0.2) is 0 Å². The summed E-state index contributed by atoms with van der Waals surface area (Å²) in [5.74, 6) is 0. The Kier molecular flexibility index (Phi) is 6.53. The van der Waals surface area contributed by atoms with E-state index in [0.717, 1.165) is 11.4 Å². The van der Waals surface area contributed by atoms with Gasteiger partial charge < -0.3 is 9.47 Å². The van der Waals surface area contributed by atoms with Crippen LogP contribution in [-0.4, -0.2) is 4.57 Å². The van der Waals surface area contributed by atoms with Gasteiger partial charge in [0.2, 0.25) is 0 Å². The number of hydrogen-bond donors (Lipinski definition) is 0. The summed E-state index contributed by atoms with van der Waals surface area (Å²) in [6.45, 7) is 0. The first-order chi connectivity index (χ1) is 24.8. The summed E-state index contributed by atoms with van der Waals surface area (Å²) in [5.41, 5.74) is 16.7. The first kappa shape index (κ1) is 28.4. The summed E-state index contributed by atoms with van der Waals surface area (Å²) in [6.07, 6.45) is 0. The molecule has 1 aliphatic heterocycles. The molecule has 0 aliphatic carbocycles. The zero-order valence-corrected chi connectivity index (χ0v) is 27.4. The van der Waals surface area contributed by atoms with Crippen LogP contribution < -0.4 is 4.90 Å². The summed E-state index contributed by atoms with van der Waals surface area (Å²) in [4.78, 5) is 2.47. The molecule has 1 aromatic heterocycles. The highest BCUT2D eigenvalue weighted by Crippen LogP contribution is 2.52. The van der Waals surface area contributed by atoms with Crippen molar-refractivity contribution < 1.29 is 0 Å². The van der Waals surface area contributed by atoms with Crippen LogP contribution in [0.15, 0.2) is 194 Å². The first-order valence-electron chi connectivity index (χ1n) is 17.2. The van der Waals surface area contributed by atoms with Crippen LogP contribution in [0.2, 0.25) is 0 Å². The lowest BCUT2D eigenvalue weighted by atomic mass is 9.97. The standard InChI is InChI=1S/C48H32N2/c1-5-13-33(14-6-1)37-21-25-41(26-22-37)49-46-31-39(35-17-9-3-10-18-35)24-28-45(46)50-44-27-23-38(34-15-7-2-8-16-34)29-42(44)43-30-40(32-47(49)48(43)50)36-19-11-4-12-20-36/h1-32H. The topological polar surface area (TPSA) is 8.17 Å². The maximum atomic E-state index is 2.49. The van der Waals surface area contributed by atoms with Crippen LogP contribution in [0.3, 0.4) is 0 Å². The molecule has 0 unspecified atom stereocenters. The van der Waals surface area contributed by atoms with Gasteiger partial charge in [0.1, 0.15) is 0 Å². The van der Waals surface area contributed by atoms with Gasteiger partial charge in [0.25, 0.3) is 0 Å². The van der Waals surface area contributed by atoms with Crippen LogP contribution in [0.1, 0.15) is 0 Å². The molecule has 0 fully saturated rings. The number of anilines is 3. The quantitative estimate of drug-likeness (QED) is 0.182. The summed E-state index contributed by atoms with van der Waals surface area (Å²) in [6, 6.07) is 70.5.